The molecule has 4 nitrogen and oxygen atoms in total. The monoisotopic (exact) mass is 335 g/mol. The summed E-state index contributed by atoms with van der Waals surface area (Å²) in [7, 11) is 0. The van der Waals surface area contributed by atoms with Gasteiger partial charge in [-0.05, 0) is 22.3 Å². The topological polar surface area (TPSA) is 38.8 Å². The Morgan fingerprint density at radius 2 is 1.80 bits per heavy atom. The van der Waals surface area contributed by atoms with E-state index in [1.165, 1.54) is 22.3 Å². The minimum absolute atomic E-state index is 0.0829. The Bertz CT molecular complexity index is 756. The van der Waals surface area contributed by atoms with E-state index in [1.54, 1.807) is 11.0 Å². The molecule has 1 atom stereocenters. The number of carbonyl (C=O) groups is 1. The number of benzene rings is 2. The third kappa shape index (κ3) is 2.83. The highest BCUT2D eigenvalue weighted by Crippen LogP contribution is 2.44. The average molecular weight is 335 g/mol. The summed E-state index contributed by atoms with van der Waals surface area (Å²) in [5, 5.41) is 0. The molecule has 128 valence electrons. The van der Waals surface area contributed by atoms with Crippen LogP contribution in [-0.4, -0.2) is 43.4 Å². The van der Waals surface area contributed by atoms with Crippen molar-refractivity contribution < 1.29 is 14.3 Å². The molecule has 2 aromatic carbocycles. The Morgan fingerprint density at radius 3 is 2.44 bits per heavy atom. The third-order valence-electron chi connectivity index (χ3n) is 5.01. The van der Waals surface area contributed by atoms with Crippen LogP contribution in [0, 0.1) is 0 Å². The minimum Gasteiger partial charge on any atom is -0.448 e. The number of hydrogen-bond donors (Lipinski definition) is 0. The van der Waals surface area contributed by atoms with Gasteiger partial charge in [-0.1, -0.05) is 54.6 Å². The number of fused-ring (bicyclic) bond motifs is 3. The molecule has 0 N–H and O–H groups in total. The normalized spacial score (nSPS) is 19.2. The zero-order valence-electron chi connectivity index (χ0n) is 14.1. The maximum atomic E-state index is 12.5. The second kappa shape index (κ2) is 6.73. The average Bonchev–Trinajstić information content (AvgIpc) is 3.00. The number of hydrogen-bond acceptors (Lipinski definition) is 3. The van der Waals surface area contributed by atoms with Gasteiger partial charge in [0, 0.05) is 12.5 Å². The van der Waals surface area contributed by atoms with Crippen LogP contribution < -0.4 is 0 Å². The number of ether oxygens (including phenoxy) is 2. The molecule has 1 fully saturated rings. The van der Waals surface area contributed by atoms with Gasteiger partial charge in [0.1, 0.15) is 6.61 Å². The van der Waals surface area contributed by atoms with Gasteiger partial charge in [0.05, 0.1) is 19.3 Å². The Labute approximate surface area is 147 Å². The van der Waals surface area contributed by atoms with Crippen molar-refractivity contribution in [2.24, 2.45) is 0 Å². The second-order valence-electron chi connectivity index (χ2n) is 6.38. The quantitative estimate of drug-likeness (QED) is 0.801. The Kier molecular flexibility index (Phi) is 4.28. The van der Waals surface area contributed by atoms with Gasteiger partial charge >= 0.3 is 6.09 Å². The lowest BCUT2D eigenvalue weighted by atomic mass is 9.98. The zero-order chi connectivity index (χ0) is 17.2. The van der Waals surface area contributed by atoms with E-state index in [2.05, 4.69) is 30.8 Å². The molecule has 1 aliphatic carbocycles. The molecule has 1 amide bonds. The van der Waals surface area contributed by atoms with Crippen molar-refractivity contribution in [3.05, 3.63) is 72.3 Å². The van der Waals surface area contributed by atoms with E-state index < -0.39 is 0 Å². The van der Waals surface area contributed by atoms with Crippen molar-refractivity contribution >= 4 is 6.09 Å². The first-order valence-corrected chi connectivity index (χ1v) is 8.61. The Morgan fingerprint density at radius 1 is 1.16 bits per heavy atom. The van der Waals surface area contributed by atoms with Gasteiger partial charge in [-0.3, -0.25) is 4.90 Å². The molecule has 4 heteroatoms. The van der Waals surface area contributed by atoms with Crippen LogP contribution in [0.5, 0.6) is 0 Å². The summed E-state index contributed by atoms with van der Waals surface area (Å²) in [6.07, 6.45) is 1.44. The number of nitrogens with zero attached hydrogens (tertiary/aromatic N) is 1. The molecule has 4 rings (SSSR count). The minimum atomic E-state index is -0.296. The van der Waals surface area contributed by atoms with Crippen LogP contribution in [0.4, 0.5) is 4.79 Å². The fourth-order valence-electron chi connectivity index (χ4n) is 3.72. The van der Waals surface area contributed by atoms with Gasteiger partial charge in [-0.25, -0.2) is 4.79 Å². The van der Waals surface area contributed by atoms with Gasteiger partial charge < -0.3 is 9.47 Å². The third-order valence-corrected chi connectivity index (χ3v) is 5.01. The van der Waals surface area contributed by atoms with Crippen molar-refractivity contribution in [3.8, 4) is 11.1 Å². The van der Waals surface area contributed by atoms with Crippen LogP contribution in [0.3, 0.4) is 0 Å². The van der Waals surface area contributed by atoms with Crippen molar-refractivity contribution in [3.63, 3.8) is 0 Å². The van der Waals surface area contributed by atoms with Crippen LogP contribution >= 0.6 is 0 Å². The highest BCUT2D eigenvalue weighted by molar-refractivity contribution is 5.79. The van der Waals surface area contributed by atoms with E-state index in [0.717, 1.165) is 0 Å². The first-order valence-electron chi connectivity index (χ1n) is 8.61. The lowest BCUT2D eigenvalue weighted by Gasteiger charge is -2.33. The molecule has 1 heterocycles. The van der Waals surface area contributed by atoms with Crippen LogP contribution in [0.2, 0.25) is 0 Å². The zero-order valence-corrected chi connectivity index (χ0v) is 14.1. The molecule has 1 saturated heterocycles. The number of morpholine rings is 1. The fraction of sp³-hybridized carbons (Fsp3) is 0.286. The predicted octanol–water partition coefficient (Wildman–Crippen LogP) is 3.82. The SMILES string of the molecule is C=CC1COCCN1C(=O)OCC1c2ccccc2-c2ccccc21. The maximum absolute atomic E-state index is 12.5. The largest absolute Gasteiger partial charge is 0.448 e. The molecule has 2 aliphatic rings. The van der Waals surface area contributed by atoms with Crippen LogP contribution in [0.1, 0.15) is 17.0 Å². The summed E-state index contributed by atoms with van der Waals surface area (Å²) in [6.45, 7) is 5.68. The van der Waals surface area contributed by atoms with E-state index in [9.17, 15) is 4.79 Å². The van der Waals surface area contributed by atoms with Gasteiger partial charge in [0.2, 0.25) is 0 Å². The summed E-state index contributed by atoms with van der Waals surface area (Å²) in [6, 6.07) is 16.6. The van der Waals surface area contributed by atoms with Crippen molar-refractivity contribution in [2.45, 2.75) is 12.0 Å². The van der Waals surface area contributed by atoms with Crippen LogP contribution in [0.25, 0.3) is 11.1 Å². The van der Waals surface area contributed by atoms with Crippen LogP contribution in [0.15, 0.2) is 61.2 Å². The molecular weight excluding hydrogens is 314 g/mol. The van der Waals surface area contributed by atoms with Crippen molar-refractivity contribution in [2.75, 3.05) is 26.4 Å². The number of rotatable bonds is 3. The second-order valence-corrected chi connectivity index (χ2v) is 6.38. The van der Waals surface area contributed by atoms with E-state index in [4.69, 9.17) is 9.47 Å². The molecule has 0 bridgehead atoms. The summed E-state index contributed by atoms with van der Waals surface area (Å²) >= 11 is 0. The molecule has 2 aromatic rings. The van der Waals surface area contributed by atoms with Crippen molar-refractivity contribution in [1.29, 1.82) is 0 Å². The highest BCUT2D eigenvalue weighted by atomic mass is 16.6. The lowest BCUT2D eigenvalue weighted by molar-refractivity contribution is 0.00492. The van der Waals surface area contributed by atoms with Crippen LogP contribution in [-0.2, 0) is 9.47 Å². The number of amides is 1. The lowest BCUT2D eigenvalue weighted by Crippen LogP contribution is -2.48. The van der Waals surface area contributed by atoms with E-state index in [1.807, 2.05) is 24.3 Å². The van der Waals surface area contributed by atoms with Gasteiger partial charge in [0.15, 0.2) is 0 Å². The van der Waals surface area contributed by atoms with Crippen molar-refractivity contribution in [1.82, 2.24) is 4.90 Å². The summed E-state index contributed by atoms with van der Waals surface area (Å²) < 4.78 is 11.1. The first kappa shape index (κ1) is 15.9. The van der Waals surface area contributed by atoms with Gasteiger partial charge in [0.25, 0.3) is 0 Å². The molecular formula is C21H21NO3. The van der Waals surface area contributed by atoms with E-state index in [0.29, 0.717) is 26.4 Å². The molecule has 25 heavy (non-hydrogen) atoms. The fourth-order valence-corrected chi connectivity index (χ4v) is 3.72. The molecule has 0 radical (unpaired) electrons. The molecule has 1 aliphatic heterocycles. The summed E-state index contributed by atoms with van der Waals surface area (Å²) in [4.78, 5) is 14.2. The van der Waals surface area contributed by atoms with Gasteiger partial charge in [-0.2, -0.15) is 0 Å². The highest BCUT2D eigenvalue weighted by Gasteiger charge is 2.31. The molecule has 0 spiro atoms. The standard InChI is InChI=1S/C21H21NO3/c1-2-15-13-24-12-11-22(15)21(23)25-14-20-18-9-5-3-7-16(18)17-8-4-6-10-19(17)20/h2-10,15,20H,1,11-14H2. The van der Waals surface area contributed by atoms with Gasteiger partial charge in [-0.15, -0.1) is 6.58 Å². The smallest absolute Gasteiger partial charge is 0.410 e. The Hall–Kier alpha value is -2.59. The molecule has 0 aromatic heterocycles. The predicted molar refractivity (Wildman–Crippen MR) is 96.6 cm³/mol. The maximum Gasteiger partial charge on any atom is 0.410 e. The molecule has 0 saturated carbocycles. The summed E-state index contributed by atoms with van der Waals surface area (Å²) in [5.41, 5.74) is 4.90. The molecule has 1 unspecified atom stereocenters. The van der Waals surface area contributed by atoms with E-state index in [-0.39, 0.29) is 18.1 Å². The Balaban J connectivity index is 1.53. The number of carbonyl (C=O) groups excluding carboxylic acids is 1. The van der Waals surface area contributed by atoms with E-state index >= 15 is 0 Å². The first-order chi connectivity index (χ1) is 12.3. The summed E-state index contributed by atoms with van der Waals surface area (Å²) in [5.74, 6) is 0.0829.